The van der Waals surface area contributed by atoms with E-state index in [4.69, 9.17) is 0 Å². The summed E-state index contributed by atoms with van der Waals surface area (Å²) in [4.78, 5) is 0. The fraction of sp³-hybridized carbons (Fsp3) is 0.467. The summed E-state index contributed by atoms with van der Waals surface area (Å²) in [5, 5.41) is 0. The van der Waals surface area contributed by atoms with Gasteiger partial charge in [-0.2, -0.15) is 0 Å². The molecule has 0 unspecified atom stereocenters. The van der Waals surface area contributed by atoms with Gasteiger partial charge in [-0.1, -0.05) is 94.2 Å². The molecule has 0 atom stereocenters. The van der Waals surface area contributed by atoms with Crippen LogP contribution in [0.4, 0.5) is 0 Å². The Morgan fingerprint density at radius 1 is 0.733 bits per heavy atom. The fourth-order valence-electron chi connectivity index (χ4n) is 4.29. The van der Waals surface area contributed by atoms with Gasteiger partial charge in [0.15, 0.2) is 0 Å². The van der Waals surface area contributed by atoms with E-state index in [9.17, 15) is 0 Å². The van der Waals surface area contributed by atoms with Crippen LogP contribution in [-0.4, -0.2) is 0 Å². The standard InChI is InChI=1S/C30H38/c1-3-4-5-6-7-8-26-13-15-28(16-14-26)19-20-30-23-21-29(22-24-30)18-17-27-11-9-25(2)10-12-27/h5-6,13-16,21-25,27H,3-4,7-12,17-18H2,1-2H3/b6-5+. The van der Waals surface area contributed by atoms with E-state index in [2.05, 4.69) is 86.4 Å². The molecule has 0 heteroatoms. The summed E-state index contributed by atoms with van der Waals surface area (Å²) < 4.78 is 0. The van der Waals surface area contributed by atoms with Gasteiger partial charge in [0.1, 0.15) is 0 Å². The molecule has 0 amide bonds. The smallest absolute Gasteiger partial charge is 0.0249 e. The maximum atomic E-state index is 3.32. The second-order valence-electron chi connectivity index (χ2n) is 9.11. The first-order valence-corrected chi connectivity index (χ1v) is 12.1. The van der Waals surface area contributed by atoms with E-state index >= 15 is 0 Å². The van der Waals surface area contributed by atoms with Gasteiger partial charge in [0.05, 0.1) is 0 Å². The monoisotopic (exact) mass is 398 g/mol. The molecular formula is C30H38. The molecule has 0 saturated heterocycles. The van der Waals surface area contributed by atoms with E-state index in [1.807, 2.05) is 0 Å². The zero-order valence-electron chi connectivity index (χ0n) is 19.0. The molecule has 0 aliphatic heterocycles. The summed E-state index contributed by atoms with van der Waals surface area (Å²) in [6.45, 7) is 4.62. The molecule has 0 N–H and O–H groups in total. The summed E-state index contributed by atoms with van der Waals surface area (Å²) in [6.07, 6.45) is 17.5. The Labute approximate surface area is 184 Å². The van der Waals surface area contributed by atoms with Crippen LogP contribution in [0.15, 0.2) is 60.7 Å². The van der Waals surface area contributed by atoms with Gasteiger partial charge in [0, 0.05) is 11.1 Å². The third-order valence-electron chi connectivity index (χ3n) is 6.46. The van der Waals surface area contributed by atoms with Crippen molar-refractivity contribution in [2.24, 2.45) is 11.8 Å². The number of unbranched alkanes of at least 4 members (excludes halogenated alkanes) is 1. The molecule has 1 saturated carbocycles. The molecule has 1 fully saturated rings. The van der Waals surface area contributed by atoms with E-state index in [0.717, 1.165) is 35.8 Å². The maximum Gasteiger partial charge on any atom is 0.0249 e. The summed E-state index contributed by atoms with van der Waals surface area (Å²) in [5.41, 5.74) is 5.04. The first kappa shape index (κ1) is 22.4. The van der Waals surface area contributed by atoms with E-state index < -0.39 is 0 Å². The third kappa shape index (κ3) is 7.87. The van der Waals surface area contributed by atoms with Crippen LogP contribution in [0.2, 0.25) is 0 Å². The molecule has 2 aromatic carbocycles. The number of benzene rings is 2. The summed E-state index contributed by atoms with van der Waals surface area (Å²) in [7, 11) is 0. The van der Waals surface area contributed by atoms with Crippen molar-refractivity contribution in [3.63, 3.8) is 0 Å². The lowest BCUT2D eigenvalue weighted by Gasteiger charge is -2.26. The SMILES string of the molecule is CCC/C=C/CCc1ccc(C#Cc2ccc(CCC3CCC(C)CC3)cc2)cc1. The molecule has 0 bridgehead atoms. The molecule has 0 heterocycles. The fourth-order valence-corrected chi connectivity index (χ4v) is 4.29. The largest absolute Gasteiger partial charge is 0.0885 e. The summed E-state index contributed by atoms with van der Waals surface area (Å²) in [6, 6.07) is 17.6. The maximum absolute atomic E-state index is 3.32. The van der Waals surface area contributed by atoms with Crippen LogP contribution in [0.3, 0.4) is 0 Å². The lowest BCUT2D eigenvalue weighted by Crippen LogP contribution is -2.12. The molecule has 1 aliphatic rings. The Morgan fingerprint density at radius 2 is 1.27 bits per heavy atom. The van der Waals surface area contributed by atoms with Crippen molar-refractivity contribution in [2.45, 2.75) is 78.1 Å². The highest BCUT2D eigenvalue weighted by atomic mass is 14.2. The quantitative estimate of drug-likeness (QED) is 0.311. The average Bonchev–Trinajstić information content (AvgIpc) is 2.79. The van der Waals surface area contributed by atoms with Gasteiger partial charge in [-0.3, -0.25) is 0 Å². The van der Waals surface area contributed by atoms with Gasteiger partial charge in [0.2, 0.25) is 0 Å². The Hall–Kier alpha value is -2.26. The van der Waals surface area contributed by atoms with Gasteiger partial charge >= 0.3 is 0 Å². The van der Waals surface area contributed by atoms with E-state index in [1.165, 1.54) is 62.5 Å². The first-order valence-electron chi connectivity index (χ1n) is 12.1. The summed E-state index contributed by atoms with van der Waals surface area (Å²) in [5.74, 6) is 8.53. The minimum atomic E-state index is 0.941. The van der Waals surface area contributed by atoms with Crippen LogP contribution >= 0.6 is 0 Å². The zero-order chi connectivity index (χ0) is 21.0. The Balaban J connectivity index is 1.45. The van der Waals surface area contributed by atoms with Gasteiger partial charge < -0.3 is 0 Å². The molecule has 0 aromatic heterocycles. The van der Waals surface area contributed by atoms with Crippen molar-refractivity contribution < 1.29 is 0 Å². The van der Waals surface area contributed by atoms with Gasteiger partial charge in [0.25, 0.3) is 0 Å². The predicted molar refractivity (Wildman–Crippen MR) is 131 cm³/mol. The molecule has 0 nitrogen and oxygen atoms in total. The lowest BCUT2D eigenvalue weighted by atomic mass is 9.80. The van der Waals surface area contributed by atoms with Gasteiger partial charge in [-0.15, -0.1) is 0 Å². The topological polar surface area (TPSA) is 0 Å². The van der Waals surface area contributed by atoms with Gasteiger partial charge in [-0.25, -0.2) is 0 Å². The predicted octanol–water partition coefficient (Wildman–Crippen LogP) is 8.13. The van der Waals surface area contributed by atoms with E-state index in [-0.39, 0.29) is 0 Å². The van der Waals surface area contributed by atoms with E-state index in [0.29, 0.717) is 0 Å². The van der Waals surface area contributed by atoms with Crippen LogP contribution in [0.25, 0.3) is 0 Å². The van der Waals surface area contributed by atoms with Gasteiger partial charge in [-0.05, 0) is 79.3 Å². The summed E-state index contributed by atoms with van der Waals surface area (Å²) >= 11 is 0. The minimum Gasteiger partial charge on any atom is -0.0885 e. The second-order valence-corrected chi connectivity index (χ2v) is 9.11. The lowest BCUT2D eigenvalue weighted by molar-refractivity contribution is 0.278. The minimum absolute atomic E-state index is 0.941. The molecule has 158 valence electrons. The molecule has 2 aromatic rings. The van der Waals surface area contributed by atoms with Crippen LogP contribution in [0.1, 0.15) is 87.5 Å². The third-order valence-corrected chi connectivity index (χ3v) is 6.46. The molecule has 30 heavy (non-hydrogen) atoms. The van der Waals surface area contributed by atoms with E-state index in [1.54, 1.807) is 0 Å². The molecule has 0 radical (unpaired) electrons. The highest BCUT2D eigenvalue weighted by molar-refractivity contribution is 5.44. The van der Waals surface area contributed by atoms with Crippen LogP contribution in [0.5, 0.6) is 0 Å². The number of hydrogen-bond acceptors (Lipinski definition) is 0. The Morgan fingerprint density at radius 3 is 1.83 bits per heavy atom. The molecule has 1 aliphatic carbocycles. The number of rotatable bonds is 8. The number of hydrogen-bond donors (Lipinski definition) is 0. The van der Waals surface area contributed by atoms with Crippen LogP contribution in [-0.2, 0) is 12.8 Å². The Bertz CT molecular complexity index is 818. The van der Waals surface area contributed by atoms with Crippen molar-refractivity contribution in [1.82, 2.24) is 0 Å². The first-order chi connectivity index (χ1) is 14.7. The average molecular weight is 399 g/mol. The normalized spacial score (nSPS) is 18.9. The highest BCUT2D eigenvalue weighted by Gasteiger charge is 2.17. The van der Waals surface area contributed by atoms with Crippen LogP contribution < -0.4 is 0 Å². The molecular weight excluding hydrogens is 360 g/mol. The highest BCUT2D eigenvalue weighted by Crippen LogP contribution is 2.31. The Kier molecular flexibility index (Phi) is 9.30. The van der Waals surface area contributed by atoms with Crippen molar-refractivity contribution >= 4 is 0 Å². The van der Waals surface area contributed by atoms with Crippen molar-refractivity contribution in [1.29, 1.82) is 0 Å². The molecule has 3 rings (SSSR count). The van der Waals surface area contributed by atoms with Crippen molar-refractivity contribution in [2.75, 3.05) is 0 Å². The van der Waals surface area contributed by atoms with Crippen molar-refractivity contribution in [3.05, 3.63) is 82.9 Å². The number of allylic oxidation sites excluding steroid dienone is 2. The molecule has 0 spiro atoms. The van der Waals surface area contributed by atoms with Crippen LogP contribution in [0, 0.1) is 23.7 Å². The van der Waals surface area contributed by atoms with Crippen molar-refractivity contribution in [3.8, 4) is 11.8 Å². The zero-order valence-corrected chi connectivity index (χ0v) is 19.0. The second kappa shape index (κ2) is 12.4. The number of aryl methyl sites for hydroxylation is 2.